The number of rotatable bonds is 2. The zero-order valence-electron chi connectivity index (χ0n) is 11.4. The van der Waals surface area contributed by atoms with Crippen molar-refractivity contribution in [3.05, 3.63) is 41.9 Å². The molecule has 0 fully saturated rings. The molecule has 0 aliphatic rings. The average Bonchev–Trinajstić information content (AvgIpc) is 2.39. The summed E-state index contributed by atoms with van der Waals surface area (Å²) in [5.41, 5.74) is 8.51. The van der Waals surface area contributed by atoms with Gasteiger partial charge in [0.1, 0.15) is 5.82 Å². The van der Waals surface area contributed by atoms with Crippen molar-refractivity contribution in [3.8, 4) is 0 Å². The van der Waals surface area contributed by atoms with Gasteiger partial charge < -0.3 is 11.1 Å². The van der Waals surface area contributed by atoms with Crippen LogP contribution in [0.2, 0.25) is 0 Å². The average molecular weight is 244 g/mol. The van der Waals surface area contributed by atoms with Gasteiger partial charge >= 0.3 is 0 Å². The Kier molecular flexibility index (Phi) is 5.11. The summed E-state index contributed by atoms with van der Waals surface area (Å²) in [5, 5.41) is 3.16. The second-order valence-electron chi connectivity index (χ2n) is 3.71. The van der Waals surface area contributed by atoms with Crippen LogP contribution in [0.3, 0.4) is 0 Å². The second-order valence-corrected chi connectivity index (χ2v) is 3.71. The van der Waals surface area contributed by atoms with Crippen molar-refractivity contribution in [1.29, 1.82) is 0 Å². The van der Waals surface area contributed by atoms with E-state index in [-0.39, 0.29) is 0 Å². The molecule has 0 bridgehead atoms. The Morgan fingerprint density at radius 3 is 2.28 bits per heavy atom. The fourth-order valence-electron chi connectivity index (χ4n) is 1.35. The molecular weight excluding hydrogens is 224 g/mol. The van der Waals surface area contributed by atoms with Crippen LogP contribution in [0.25, 0.3) is 0 Å². The molecule has 4 heteroatoms. The summed E-state index contributed by atoms with van der Waals surface area (Å²) in [6, 6.07) is 8.05. The molecule has 1 aromatic carbocycles. The Morgan fingerprint density at radius 1 is 1.06 bits per heavy atom. The van der Waals surface area contributed by atoms with Crippen molar-refractivity contribution in [2.24, 2.45) is 0 Å². The van der Waals surface area contributed by atoms with Gasteiger partial charge in [-0.25, -0.2) is 9.97 Å². The van der Waals surface area contributed by atoms with Crippen LogP contribution in [0.15, 0.2) is 30.5 Å². The summed E-state index contributed by atoms with van der Waals surface area (Å²) >= 11 is 0. The van der Waals surface area contributed by atoms with Gasteiger partial charge in [0.2, 0.25) is 0 Å². The summed E-state index contributed by atoms with van der Waals surface area (Å²) in [6.07, 6.45) is 1.61. The largest absolute Gasteiger partial charge is 0.394 e. The smallest absolute Gasteiger partial charge is 0.157 e. The number of nitrogens with two attached hydrogens (primary N) is 1. The van der Waals surface area contributed by atoms with Gasteiger partial charge in [0.05, 0.1) is 11.9 Å². The summed E-state index contributed by atoms with van der Waals surface area (Å²) in [7, 11) is 0. The highest BCUT2D eigenvalue weighted by molar-refractivity contribution is 5.67. The van der Waals surface area contributed by atoms with Gasteiger partial charge in [0, 0.05) is 5.69 Å². The van der Waals surface area contributed by atoms with Gasteiger partial charge in [0.15, 0.2) is 5.82 Å². The van der Waals surface area contributed by atoms with E-state index in [0.29, 0.717) is 17.3 Å². The van der Waals surface area contributed by atoms with E-state index >= 15 is 0 Å². The fraction of sp³-hybridized carbons (Fsp3) is 0.286. The van der Waals surface area contributed by atoms with Crippen LogP contribution in [0.1, 0.15) is 25.2 Å². The fourth-order valence-corrected chi connectivity index (χ4v) is 1.35. The molecule has 18 heavy (non-hydrogen) atoms. The summed E-state index contributed by atoms with van der Waals surface area (Å²) < 4.78 is 0. The number of hydrogen-bond acceptors (Lipinski definition) is 4. The Hall–Kier alpha value is -2.10. The lowest BCUT2D eigenvalue weighted by molar-refractivity contribution is 1.06. The van der Waals surface area contributed by atoms with Crippen molar-refractivity contribution >= 4 is 17.2 Å². The molecule has 0 atom stereocenters. The maximum Gasteiger partial charge on any atom is 0.157 e. The number of nitrogens with zero attached hydrogens (tertiary/aromatic N) is 2. The third kappa shape index (κ3) is 3.73. The van der Waals surface area contributed by atoms with Crippen LogP contribution < -0.4 is 11.1 Å². The molecule has 0 saturated carbocycles. The maximum atomic E-state index is 5.78. The predicted molar refractivity (Wildman–Crippen MR) is 77.0 cm³/mol. The number of nitrogens with one attached hydrogen (secondary N) is 1. The molecule has 1 heterocycles. The first-order valence-electron chi connectivity index (χ1n) is 6.08. The molecule has 0 radical (unpaired) electrons. The molecule has 0 aliphatic heterocycles. The molecule has 0 unspecified atom stereocenters. The highest BCUT2D eigenvalue weighted by Gasteiger charge is 2.02. The minimum Gasteiger partial charge on any atom is -0.394 e. The zero-order valence-corrected chi connectivity index (χ0v) is 11.4. The summed E-state index contributed by atoms with van der Waals surface area (Å²) in [6.45, 7) is 7.88. The third-order valence-corrected chi connectivity index (χ3v) is 2.25. The monoisotopic (exact) mass is 244 g/mol. The number of aryl methyl sites for hydroxylation is 2. The quantitative estimate of drug-likeness (QED) is 0.849. The molecule has 0 spiro atoms. The second kappa shape index (κ2) is 6.59. The Labute approximate surface area is 108 Å². The minimum absolute atomic E-state index is 0.547. The molecule has 0 aliphatic carbocycles. The highest BCUT2D eigenvalue weighted by Crippen LogP contribution is 2.19. The molecule has 1 aromatic heterocycles. The van der Waals surface area contributed by atoms with Gasteiger partial charge in [-0.1, -0.05) is 31.5 Å². The molecule has 4 nitrogen and oxygen atoms in total. The van der Waals surface area contributed by atoms with E-state index < -0.39 is 0 Å². The molecular formula is C14H20N4. The normalized spacial score (nSPS) is 9.33. The maximum absolute atomic E-state index is 5.78. The van der Waals surface area contributed by atoms with E-state index in [1.807, 2.05) is 52.0 Å². The van der Waals surface area contributed by atoms with E-state index in [0.717, 1.165) is 5.69 Å². The molecule has 3 N–H and O–H groups in total. The third-order valence-electron chi connectivity index (χ3n) is 2.25. The first-order valence-corrected chi connectivity index (χ1v) is 6.08. The van der Waals surface area contributed by atoms with E-state index in [9.17, 15) is 0 Å². The molecule has 0 amide bonds. The highest BCUT2D eigenvalue weighted by atomic mass is 15.0. The number of hydrogen-bond donors (Lipinski definition) is 2. The molecule has 96 valence electrons. The topological polar surface area (TPSA) is 63.8 Å². The van der Waals surface area contributed by atoms with E-state index in [4.69, 9.17) is 5.73 Å². The molecule has 0 saturated heterocycles. The molecule has 2 aromatic rings. The molecule has 2 rings (SSSR count). The lowest BCUT2D eigenvalue weighted by Crippen LogP contribution is -2.01. The number of aromatic nitrogens is 2. The van der Waals surface area contributed by atoms with E-state index in [2.05, 4.69) is 15.3 Å². The Morgan fingerprint density at radius 2 is 1.67 bits per heavy atom. The van der Waals surface area contributed by atoms with Crippen LogP contribution in [0, 0.1) is 13.8 Å². The Balaban J connectivity index is 0.000000771. The minimum atomic E-state index is 0.547. The Bertz CT molecular complexity index is 492. The van der Waals surface area contributed by atoms with Crippen LogP contribution in [0.4, 0.5) is 17.2 Å². The summed E-state index contributed by atoms with van der Waals surface area (Å²) in [5.74, 6) is 1.35. The van der Waals surface area contributed by atoms with Gasteiger partial charge in [-0.05, 0) is 26.0 Å². The van der Waals surface area contributed by atoms with Crippen molar-refractivity contribution in [1.82, 2.24) is 9.97 Å². The van der Waals surface area contributed by atoms with Crippen molar-refractivity contribution in [3.63, 3.8) is 0 Å². The lowest BCUT2D eigenvalue weighted by Gasteiger charge is -2.08. The van der Waals surface area contributed by atoms with Crippen molar-refractivity contribution < 1.29 is 0 Å². The first kappa shape index (κ1) is 14.0. The van der Waals surface area contributed by atoms with Crippen LogP contribution in [-0.2, 0) is 0 Å². The standard InChI is InChI=1S/C12H14N4.C2H6/c1-8-3-5-10(6-4-8)16-12-11(13)7-14-9(2)15-12;1-2/h3-7H,13H2,1-2H3,(H,14,15,16);1-2H3. The van der Waals surface area contributed by atoms with E-state index in [1.54, 1.807) is 6.20 Å². The lowest BCUT2D eigenvalue weighted by atomic mass is 10.2. The number of benzene rings is 1. The van der Waals surface area contributed by atoms with Crippen LogP contribution >= 0.6 is 0 Å². The van der Waals surface area contributed by atoms with Gasteiger partial charge in [-0.3, -0.25) is 0 Å². The van der Waals surface area contributed by atoms with Gasteiger partial charge in [-0.2, -0.15) is 0 Å². The van der Waals surface area contributed by atoms with Crippen molar-refractivity contribution in [2.45, 2.75) is 27.7 Å². The predicted octanol–water partition coefficient (Wildman–Crippen LogP) is 3.45. The number of anilines is 3. The van der Waals surface area contributed by atoms with Crippen LogP contribution in [-0.4, -0.2) is 9.97 Å². The van der Waals surface area contributed by atoms with Crippen molar-refractivity contribution in [2.75, 3.05) is 11.1 Å². The van der Waals surface area contributed by atoms with E-state index in [1.165, 1.54) is 5.56 Å². The van der Waals surface area contributed by atoms with Gasteiger partial charge in [0.25, 0.3) is 0 Å². The first-order chi connectivity index (χ1) is 8.65. The van der Waals surface area contributed by atoms with Crippen LogP contribution in [0.5, 0.6) is 0 Å². The SMILES string of the molecule is CC.Cc1ccc(Nc2nc(C)ncc2N)cc1. The number of nitrogen functional groups attached to an aromatic ring is 1. The van der Waals surface area contributed by atoms with Gasteiger partial charge in [-0.15, -0.1) is 0 Å². The summed E-state index contributed by atoms with van der Waals surface area (Å²) in [4.78, 5) is 8.26. The zero-order chi connectivity index (χ0) is 13.5.